The van der Waals surface area contributed by atoms with E-state index in [0.717, 1.165) is 5.56 Å². The molecule has 2 N–H and O–H groups in total. The summed E-state index contributed by atoms with van der Waals surface area (Å²) in [6.45, 7) is 4.39. The number of aromatic nitrogens is 1. The number of hydrogen-bond acceptors (Lipinski definition) is 6. The Morgan fingerprint density at radius 2 is 2.06 bits per heavy atom. The van der Waals surface area contributed by atoms with Gasteiger partial charge >= 0.3 is 0 Å². The summed E-state index contributed by atoms with van der Waals surface area (Å²) in [5.74, 6) is -0.146. The van der Waals surface area contributed by atoms with Crippen LogP contribution < -0.4 is 20.3 Å². The molecule has 0 radical (unpaired) electrons. The molecule has 0 saturated carbocycles. The molecule has 0 spiro atoms. The van der Waals surface area contributed by atoms with Crippen LogP contribution in [0.5, 0.6) is 11.5 Å². The van der Waals surface area contributed by atoms with Crippen molar-refractivity contribution in [2.45, 2.75) is 38.1 Å². The molecule has 1 atom stereocenters. The minimum atomic E-state index is -0.980. The number of ether oxygens (including phenoxy) is 2. The largest absolute Gasteiger partial charge is 0.497 e. The van der Waals surface area contributed by atoms with Gasteiger partial charge in [-0.2, -0.15) is 5.16 Å². The minimum Gasteiger partial charge on any atom is -0.497 e. The number of methoxy groups -OCH3 is 1. The Morgan fingerprint density at radius 3 is 2.78 bits per heavy atom. The lowest BCUT2D eigenvalue weighted by Gasteiger charge is -2.36. The predicted molar refractivity (Wildman–Crippen MR) is 128 cm³/mol. The van der Waals surface area contributed by atoms with E-state index in [1.54, 1.807) is 25.3 Å². The molecule has 5 rings (SSSR count). The molecule has 9 nitrogen and oxygen atoms in total. The van der Waals surface area contributed by atoms with Crippen LogP contribution in [0.3, 0.4) is 0 Å². The second-order valence-corrected chi connectivity index (χ2v) is 9.65. The lowest BCUT2D eigenvalue weighted by Crippen LogP contribution is -2.46. The van der Waals surface area contributed by atoms with Crippen LogP contribution in [-0.4, -0.2) is 42.1 Å². The molecule has 0 fully saturated rings. The van der Waals surface area contributed by atoms with Gasteiger partial charge in [-0.3, -0.25) is 14.4 Å². The highest BCUT2D eigenvalue weighted by atomic mass is 19.1. The van der Waals surface area contributed by atoms with Gasteiger partial charge in [-0.15, -0.1) is 0 Å². The molecule has 36 heavy (non-hydrogen) atoms. The molecule has 0 saturated heterocycles. The van der Waals surface area contributed by atoms with Gasteiger partial charge in [-0.05, 0) is 35.7 Å². The number of amides is 2. The summed E-state index contributed by atoms with van der Waals surface area (Å²) in [6.07, 6.45) is 0.319. The summed E-state index contributed by atoms with van der Waals surface area (Å²) in [4.78, 5) is 39.7. The van der Waals surface area contributed by atoms with Gasteiger partial charge in [0.25, 0.3) is 11.5 Å². The third-order valence-corrected chi connectivity index (χ3v) is 6.63. The molecule has 10 heteroatoms. The number of benzene rings is 2. The van der Waals surface area contributed by atoms with Crippen LogP contribution in [0.4, 0.5) is 10.1 Å². The third-order valence-electron chi connectivity index (χ3n) is 6.63. The zero-order valence-corrected chi connectivity index (χ0v) is 20.1. The quantitative estimate of drug-likeness (QED) is 0.562. The predicted octanol–water partition coefficient (Wildman–Crippen LogP) is 3.09. The first-order chi connectivity index (χ1) is 17.2. The molecule has 2 aromatic carbocycles. The average molecular weight is 496 g/mol. The Morgan fingerprint density at radius 1 is 1.25 bits per heavy atom. The molecule has 2 aliphatic heterocycles. The summed E-state index contributed by atoms with van der Waals surface area (Å²) in [5.41, 5.74) is 1.30. The lowest BCUT2D eigenvalue weighted by molar-refractivity contribution is -0.139. The number of nitrogens with zero attached hydrogens (tertiary/aromatic N) is 1. The Hall–Kier alpha value is -4.08. The van der Waals surface area contributed by atoms with E-state index in [-0.39, 0.29) is 30.3 Å². The summed E-state index contributed by atoms with van der Waals surface area (Å²) in [7, 11) is 1.56. The minimum absolute atomic E-state index is 0.171. The normalized spacial score (nSPS) is 17.7. The van der Waals surface area contributed by atoms with Gasteiger partial charge in [0, 0.05) is 35.3 Å². The number of nitrogens with one attached hydrogen (secondary N) is 2. The number of hydrogen-bond donors (Lipinski definition) is 2. The molecule has 3 heterocycles. The SMILES string of the molecule is COc1ccc2c(c1)CCN(C(=O)Cc1cc(=O)[nH]o1)[C@H]2C(=O)Nc1cc(F)c2c(c1)OCC2(C)C. The zero-order chi connectivity index (χ0) is 25.6. The number of halogens is 1. The number of aromatic amines is 1. The molecular weight excluding hydrogens is 469 g/mol. The Labute approximate surface area is 206 Å². The standard InChI is InChI=1S/C26H26FN3O6/c1-26(2)13-35-20-10-15(9-19(27)23(20)26)28-25(33)24-18-5-4-16(34-3)8-14(18)6-7-30(24)22(32)12-17-11-21(31)29-36-17/h4-5,8-11,24H,6-7,12-13H2,1-3H3,(H,28,33)(H,29,31)/t24-/m1/s1. The van der Waals surface area contributed by atoms with Crippen LogP contribution in [0.1, 0.15) is 42.3 Å². The van der Waals surface area contributed by atoms with Gasteiger partial charge in [0.2, 0.25) is 5.91 Å². The van der Waals surface area contributed by atoms with Gasteiger partial charge in [0.05, 0.1) is 20.1 Å². The Bertz CT molecular complexity index is 1410. The summed E-state index contributed by atoms with van der Waals surface area (Å²) >= 11 is 0. The van der Waals surface area contributed by atoms with E-state index in [9.17, 15) is 18.8 Å². The molecule has 3 aromatic rings. The van der Waals surface area contributed by atoms with E-state index in [1.807, 2.05) is 19.9 Å². The van der Waals surface area contributed by atoms with Crippen molar-refractivity contribution in [2.75, 3.05) is 25.6 Å². The zero-order valence-electron chi connectivity index (χ0n) is 20.1. The van der Waals surface area contributed by atoms with Crippen LogP contribution in [0, 0.1) is 5.82 Å². The van der Waals surface area contributed by atoms with Crippen LogP contribution in [0.25, 0.3) is 0 Å². The van der Waals surface area contributed by atoms with Gasteiger partial charge in [0.15, 0.2) is 0 Å². The highest BCUT2D eigenvalue weighted by molar-refractivity contribution is 5.99. The van der Waals surface area contributed by atoms with E-state index in [0.29, 0.717) is 35.7 Å². The van der Waals surface area contributed by atoms with Crippen molar-refractivity contribution >= 4 is 17.5 Å². The fourth-order valence-corrected chi connectivity index (χ4v) is 4.91. The fraction of sp³-hybridized carbons (Fsp3) is 0.346. The second-order valence-electron chi connectivity index (χ2n) is 9.65. The number of fused-ring (bicyclic) bond motifs is 2. The van der Waals surface area contributed by atoms with Crippen LogP contribution in [0.2, 0.25) is 0 Å². The Kier molecular flexibility index (Phi) is 5.82. The smallest absolute Gasteiger partial charge is 0.280 e. The van der Waals surface area contributed by atoms with E-state index in [2.05, 4.69) is 10.5 Å². The number of carbonyl (C=O) groups excluding carboxylic acids is 2. The highest BCUT2D eigenvalue weighted by Crippen LogP contribution is 2.42. The van der Waals surface area contributed by atoms with E-state index >= 15 is 0 Å². The van der Waals surface area contributed by atoms with Crippen molar-refractivity contribution in [3.8, 4) is 11.5 Å². The first-order valence-corrected chi connectivity index (χ1v) is 11.6. The number of rotatable bonds is 5. The summed E-state index contributed by atoms with van der Waals surface area (Å²) < 4.78 is 31.0. The van der Waals surface area contributed by atoms with E-state index < -0.39 is 28.7 Å². The highest BCUT2D eigenvalue weighted by Gasteiger charge is 2.38. The molecule has 188 valence electrons. The lowest BCUT2D eigenvalue weighted by atomic mass is 9.86. The Balaban J connectivity index is 1.47. The number of carbonyl (C=O) groups is 2. The topological polar surface area (TPSA) is 114 Å². The van der Waals surface area contributed by atoms with Crippen molar-refractivity contribution in [1.82, 2.24) is 10.1 Å². The first-order valence-electron chi connectivity index (χ1n) is 11.6. The van der Waals surface area contributed by atoms with Gasteiger partial charge in [-0.25, -0.2) is 4.39 Å². The fourth-order valence-electron chi connectivity index (χ4n) is 4.91. The van der Waals surface area contributed by atoms with Gasteiger partial charge in [-0.1, -0.05) is 19.9 Å². The maximum absolute atomic E-state index is 15.0. The molecule has 1 aromatic heterocycles. The van der Waals surface area contributed by atoms with Crippen molar-refractivity contribution < 1.29 is 28.0 Å². The molecule has 0 aliphatic carbocycles. The third kappa shape index (κ3) is 4.23. The number of H-pyrrole nitrogens is 1. The molecule has 0 bridgehead atoms. The van der Waals surface area contributed by atoms with Crippen LogP contribution in [-0.2, 0) is 27.8 Å². The van der Waals surface area contributed by atoms with Crippen molar-refractivity contribution in [3.05, 3.63) is 75.0 Å². The molecule has 2 aliphatic rings. The van der Waals surface area contributed by atoms with E-state index in [4.69, 9.17) is 14.0 Å². The van der Waals surface area contributed by atoms with Crippen molar-refractivity contribution in [2.24, 2.45) is 0 Å². The van der Waals surface area contributed by atoms with Crippen molar-refractivity contribution in [1.29, 1.82) is 0 Å². The molecule has 2 amide bonds. The average Bonchev–Trinajstić information content (AvgIpc) is 3.39. The first kappa shape index (κ1) is 23.7. The van der Waals surface area contributed by atoms with Crippen LogP contribution >= 0.6 is 0 Å². The second kappa shape index (κ2) is 8.85. The molecule has 0 unspecified atom stereocenters. The summed E-state index contributed by atoms with van der Waals surface area (Å²) in [6, 6.07) is 8.41. The van der Waals surface area contributed by atoms with Gasteiger partial charge < -0.3 is 24.2 Å². The van der Waals surface area contributed by atoms with Crippen molar-refractivity contribution in [3.63, 3.8) is 0 Å². The number of anilines is 1. The summed E-state index contributed by atoms with van der Waals surface area (Å²) in [5, 5.41) is 4.93. The maximum atomic E-state index is 15.0. The van der Waals surface area contributed by atoms with Gasteiger partial charge in [0.1, 0.15) is 29.1 Å². The van der Waals surface area contributed by atoms with Crippen LogP contribution in [0.15, 0.2) is 45.7 Å². The van der Waals surface area contributed by atoms with E-state index in [1.165, 1.54) is 17.0 Å². The monoisotopic (exact) mass is 495 g/mol. The maximum Gasteiger partial charge on any atom is 0.280 e. The molecular formula is C26H26FN3O6.